The van der Waals surface area contributed by atoms with Gasteiger partial charge in [0, 0.05) is 35.9 Å². The van der Waals surface area contributed by atoms with Crippen molar-refractivity contribution in [1.82, 2.24) is 15.0 Å². The van der Waals surface area contributed by atoms with Gasteiger partial charge in [-0.2, -0.15) is 0 Å². The molecular formula is C23H26N4O2S. The van der Waals surface area contributed by atoms with Crippen LogP contribution < -0.4 is 5.32 Å². The van der Waals surface area contributed by atoms with E-state index in [1.807, 2.05) is 13.0 Å². The van der Waals surface area contributed by atoms with Gasteiger partial charge in [-0.25, -0.2) is 9.97 Å². The number of thiazole rings is 1. The van der Waals surface area contributed by atoms with E-state index in [-0.39, 0.29) is 12.3 Å². The second kappa shape index (κ2) is 9.34. The molecule has 3 aromatic rings. The van der Waals surface area contributed by atoms with E-state index in [2.05, 4.69) is 27.8 Å². The lowest BCUT2D eigenvalue weighted by atomic mass is 9.97. The number of carbonyl (C=O) groups is 1. The molecule has 0 fully saturated rings. The molecule has 7 heteroatoms. The molecule has 0 aromatic carbocycles. The molecule has 6 nitrogen and oxygen atoms in total. The van der Waals surface area contributed by atoms with Crippen molar-refractivity contribution in [2.24, 2.45) is 0 Å². The van der Waals surface area contributed by atoms with E-state index in [4.69, 9.17) is 9.97 Å². The van der Waals surface area contributed by atoms with Crippen LogP contribution in [0.2, 0.25) is 0 Å². The number of fused-ring (bicyclic) bond motifs is 1. The van der Waals surface area contributed by atoms with Gasteiger partial charge >= 0.3 is 5.97 Å². The van der Waals surface area contributed by atoms with Crippen LogP contribution in [0.25, 0.3) is 0 Å². The van der Waals surface area contributed by atoms with E-state index in [9.17, 15) is 9.90 Å². The average molecular weight is 423 g/mol. The number of carboxylic acids is 1. The van der Waals surface area contributed by atoms with Gasteiger partial charge in [0.1, 0.15) is 10.8 Å². The molecule has 0 radical (unpaired) electrons. The smallest absolute Gasteiger partial charge is 0.304 e. The minimum absolute atomic E-state index is 0.0180. The Morgan fingerprint density at radius 1 is 1.23 bits per heavy atom. The molecule has 0 aliphatic carbocycles. The van der Waals surface area contributed by atoms with Crippen molar-refractivity contribution in [2.45, 2.75) is 51.4 Å². The zero-order valence-electron chi connectivity index (χ0n) is 17.1. The number of aliphatic carboxylic acids is 1. The highest BCUT2D eigenvalue weighted by Crippen LogP contribution is 2.31. The Balaban J connectivity index is 1.40. The monoisotopic (exact) mass is 422 g/mol. The Labute approximate surface area is 180 Å². The molecule has 30 heavy (non-hydrogen) atoms. The quantitative estimate of drug-likeness (QED) is 0.560. The van der Waals surface area contributed by atoms with Gasteiger partial charge in [-0.15, -0.1) is 11.3 Å². The molecule has 1 unspecified atom stereocenters. The van der Waals surface area contributed by atoms with Gasteiger partial charge in [-0.05, 0) is 61.8 Å². The predicted molar refractivity (Wildman–Crippen MR) is 118 cm³/mol. The summed E-state index contributed by atoms with van der Waals surface area (Å²) < 4.78 is 0. The number of anilines is 1. The number of nitrogens with zero attached hydrogens (tertiary/aromatic N) is 3. The van der Waals surface area contributed by atoms with Crippen molar-refractivity contribution < 1.29 is 9.90 Å². The Morgan fingerprint density at radius 2 is 2.10 bits per heavy atom. The summed E-state index contributed by atoms with van der Waals surface area (Å²) in [5, 5.41) is 15.7. The number of hydrogen-bond donors (Lipinski definition) is 2. The summed E-state index contributed by atoms with van der Waals surface area (Å²) in [6, 6.07) is 6.32. The fraction of sp³-hybridized carbons (Fsp3) is 0.391. The second-order valence-corrected chi connectivity index (χ2v) is 8.71. The van der Waals surface area contributed by atoms with Gasteiger partial charge in [0.15, 0.2) is 0 Å². The maximum atomic E-state index is 11.4. The average Bonchev–Trinajstić information content (AvgIpc) is 3.20. The van der Waals surface area contributed by atoms with Crippen LogP contribution in [0.3, 0.4) is 0 Å². The molecular weight excluding hydrogens is 396 g/mol. The molecule has 156 valence electrons. The highest BCUT2D eigenvalue weighted by atomic mass is 32.1. The van der Waals surface area contributed by atoms with Crippen molar-refractivity contribution in [3.8, 4) is 0 Å². The van der Waals surface area contributed by atoms with Crippen molar-refractivity contribution in [3.63, 3.8) is 0 Å². The van der Waals surface area contributed by atoms with Crippen molar-refractivity contribution in [1.29, 1.82) is 0 Å². The summed E-state index contributed by atoms with van der Waals surface area (Å²) >= 11 is 1.54. The number of pyridine rings is 2. The third-order valence-electron chi connectivity index (χ3n) is 5.36. The lowest BCUT2D eigenvalue weighted by Gasteiger charge is -2.17. The molecule has 0 spiro atoms. The summed E-state index contributed by atoms with van der Waals surface area (Å²) in [6.07, 6.45) is 8.54. The first-order valence-electron chi connectivity index (χ1n) is 10.4. The van der Waals surface area contributed by atoms with Crippen LogP contribution in [-0.2, 0) is 24.1 Å². The standard InChI is InChI=1S/C23H26N4O2S/c1-15-10-17(13-24-12-15)20(11-21(28)29)23-27-19(14-30-23)6-2-5-18-8-7-16-4-3-9-25-22(16)26-18/h7-8,10,12-14,20H,2-6,9,11H2,1H3,(H,25,26)(H,28,29). The summed E-state index contributed by atoms with van der Waals surface area (Å²) in [4.78, 5) is 25.2. The minimum Gasteiger partial charge on any atom is -0.481 e. The third-order valence-corrected chi connectivity index (χ3v) is 6.37. The Bertz CT molecular complexity index is 1030. The summed E-state index contributed by atoms with van der Waals surface area (Å²) in [6.45, 7) is 2.96. The van der Waals surface area contributed by atoms with E-state index in [0.29, 0.717) is 0 Å². The van der Waals surface area contributed by atoms with Gasteiger partial charge in [-0.3, -0.25) is 9.78 Å². The Morgan fingerprint density at radius 3 is 2.93 bits per heavy atom. The molecule has 0 saturated heterocycles. The molecule has 4 heterocycles. The van der Waals surface area contributed by atoms with E-state index >= 15 is 0 Å². The predicted octanol–water partition coefficient (Wildman–Crippen LogP) is 4.38. The molecule has 1 atom stereocenters. The van der Waals surface area contributed by atoms with Crippen LogP contribution in [0.1, 0.15) is 58.3 Å². The SMILES string of the molecule is Cc1cncc(C(CC(=O)O)c2nc(CCCc3ccc4c(n3)NCCC4)cs2)c1. The molecule has 0 bridgehead atoms. The van der Waals surface area contributed by atoms with Crippen LogP contribution in [-0.4, -0.2) is 32.6 Å². The lowest BCUT2D eigenvalue weighted by molar-refractivity contribution is -0.137. The van der Waals surface area contributed by atoms with Crippen LogP contribution in [0, 0.1) is 6.92 Å². The Kier molecular flexibility index (Phi) is 6.38. The van der Waals surface area contributed by atoms with Gasteiger partial charge in [-0.1, -0.05) is 12.1 Å². The molecule has 3 aromatic heterocycles. The van der Waals surface area contributed by atoms with Crippen molar-refractivity contribution in [2.75, 3.05) is 11.9 Å². The normalized spacial score (nSPS) is 14.0. The summed E-state index contributed by atoms with van der Waals surface area (Å²) in [5.74, 6) is -0.0506. The molecule has 2 N–H and O–H groups in total. The minimum atomic E-state index is -0.828. The van der Waals surface area contributed by atoms with Crippen LogP contribution >= 0.6 is 11.3 Å². The van der Waals surface area contributed by atoms with Crippen molar-refractivity contribution >= 4 is 23.1 Å². The third kappa shape index (κ3) is 5.02. The number of nitrogens with one attached hydrogen (secondary N) is 1. The van der Waals surface area contributed by atoms with E-state index < -0.39 is 5.97 Å². The first-order chi connectivity index (χ1) is 14.6. The fourth-order valence-electron chi connectivity index (χ4n) is 3.85. The first kappa shape index (κ1) is 20.5. The number of rotatable bonds is 8. The fourth-order valence-corrected chi connectivity index (χ4v) is 4.83. The number of carboxylic acid groups (broad SMARTS) is 1. The van der Waals surface area contributed by atoms with E-state index in [1.54, 1.807) is 12.4 Å². The number of aryl methyl sites for hydroxylation is 4. The van der Waals surface area contributed by atoms with Crippen LogP contribution in [0.4, 0.5) is 5.82 Å². The van der Waals surface area contributed by atoms with E-state index in [1.165, 1.54) is 23.3 Å². The van der Waals surface area contributed by atoms with Gasteiger partial charge in [0.25, 0.3) is 0 Å². The van der Waals surface area contributed by atoms with Gasteiger partial charge in [0.05, 0.1) is 12.1 Å². The highest BCUT2D eigenvalue weighted by Gasteiger charge is 2.22. The van der Waals surface area contributed by atoms with Crippen molar-refractivity contribution in [3.05, 3.63) is 69.1 Å². The maximum absolute atomic E-state index is 11.4. The van der Waals surface area contributed by atoms with Crippen LogP contribution in [0.15, 0.2) is 36.0 Å². The molecule has 0 amide bonds. The van der Waals surface area contributed by atoms with Gasteiger partial charge in [0.2, 0.25) is 0 Å². The lowest BCUT2D eigenvalue weighted by Crippen LogP contribution is -2.14. The Hall–Kier alpha value is -2.80. The largest absolute Gasteiger partial charge is 0.481 e. The summed E-state index contributed by atoms with van der Waals surface area (Å²) in [7, 11) is 0. The highest BCUT2D eigenvalue weighted by molar-refractivity contribution is 7.09. The molecule has 1 aliphatic rings. The maximum Gasteiger partial charge on any atom is 0.304 e. The van der Waals surface area contributed by atoms with E-state index in [0.717, 1.165) is 65.6 Å². The number of aromatic nitrogens is 3. The molecule has 0 saturated carbocycles. The molecule has 4 rings (SSSR count). The second-order valence-electron chi connectivity index (χ2n) is 7.82. The zero-order valence-corrected chi connectivity index (χ0v) is 17.9. The summed E-state index contributed by atoms with van der Waals surface area (Å²) in [5.41, 5.74) is 5.36. The molecule has 1 aliphatic heterocycles. The topological polar surface area (TPSA) is 88.0 Å². The number of hydrogen-bond acceptors (Lipinski definition) is 6. The van der Waals surface area contributed by atoms with Crippen LogP contribution in [0.5, 0.6) is 0 Å². The zero-order chi connectivity index (χ0) is 20.9. The van der Waals surface area contributed by atoms with Gasteiger partial charge < -0.3 is 10.4 Å². The first-order valence-corrected chi connectivity index (χ1v) is 11.3.